The average molecular weight is 255 g/mol. The number of hydrogen-bond donors (Lipinski definition) is 0. The molecular formula is C16H21N3. The lowest BCUT2D eigenvalue weighted by Gasteiger charge is -2.22. The topological polar surface area (TPSA) is 18.8 Å². The number of allylic oxidation sites excluding steroid dienone is 1. The van der Waals surface area contributed by atoms with E-state index in [9.17, 15) is 0 Å². The molecule has 0 bridgehead atoms. The van der Waals surface area contributed by atoms with Gasteiger partial charge in [-0.25, -0.2) is 5.01 Å². The molecule has 1 saturated carbocycles. The Balaban J connectivity index is 1.90. The Morgan fingerprint density at radius 1 is 1.16 bits per heavy atom. The van der Waals surface area contributed by atoms with E-state index in [0.717, 1.165) is 6.54 Å². The molecule has 0 aromatic heterocycles. The summed E-state index contributed by atoms with van der Waals surface area (Å²) >= 11 is 0. The minimum atomic E-state index is 0.578. The number of anilines is 1. The highest BCUT2D eigenvalue weighted by Gasteiger charge is 2.29. The second-order valence-electron chi connectivity index (χ2n) is 5.49. The molecule has 0 atom stereocenters. The lowest BCUT2D eigenvalue weighted by atomic mass is 10.0. The summed E-state index contributed by atoms with van der Waals surface area (Å²) in [6, 6.07) is 8.84. The summed E-state index contributed by atoms with van der Waals surface area (Å²) in [5.74, 6) is 1.86. The van der Waals surface area contributed by atoms with Crippen molar-refractivity contribution in [1.82, 2.24) is 5.01 Å². The van der Waals surface area contributed by atoms with Crippen LogP contribution in [0.15, 0.2) is 40.8 Å². The molecule has 0 amide bonds. The third-order valence-corrected chi connectivity index (χ3v) is 3.73. The second kappa shape index (κ2) is 4.72. The minimum absolute atomic E-state index is 0.578. The third-order valence-electron chi connectivity index (χ3n) is 3.73. The van der Waals surface area contributed by atoms with Gasteiger partial charge in [0.15, 0.2) is 0 Å². The molecule has 19 heavy (non-hydrogen) atoms. The first-order valence-electron chi connectivity index (χ1n) is 7.13. The summed E-state index contributed by atoms with van der Waals surface area (Å²) in [7, 11) is 0. The standard InChI is InChI=1S/C16H21N3/c1-4-19-16(14-5-6-14)18(11-17-19)15-9-7-13(8-10-15)12(2)3/h7-12H,4-6H2,1-3H3. The van der Waals surface area contributed by atoms with E-state index in [-0.39, 0.29) is 0 Å². The molecule has 0 saturated heterocycles. The van der Waals surface area contributed by atoms with Crippen LogP contribution in [0.5, 0.6) is 0 Å². The van der Waals surface area contributed by atoms with E-state index < -0.39 is 0 Å². The molecule has 1 aromatic carbocycles. The van der Waals surface area contributed by atoms with Gasteiger partial charge in [0, 0.05) is 12.2 Å². The van der Waals surface area contributed by atoms with Crippen LogP contribution < -0.4 is 4.90 Å². The van der Waals surface area contributed by atoms with E-state index in [1.165, 1.54) is 35.5 Å². The molecule has 3 rings (SSSR count). The zero-order chi connectivity index (χ0) is 13.4. The molecule has 1 aliphatic carbocycles. The first-order valence-corrected chi connectivity index (χ1v) is 7.13. The summed E-state index contributed by atoms with van der Waals surface area (Å²) < 4.78 is 0. The van der Waals surface area contributed by atoms with Crippen LogP contribution in [0, 0.1) is 0 Å². The van der Waals surface area contributed by atoms with Crippen LogP contribution in [0.25, 0.3) is 0 Å². The monoisotopic (exact) mass is 255 g/mol. The van der Waals surface area contributed by atoms with Gasteiger partial charge in [0.2, 0.25) is 0 Å². The van der Waals surface area contributed by atoms with Crippen molar-refractivity contribution >= 4 is 12.0 Å². The van der Waals surface area contributed by atoms with Crippen molar-refractivity contribution in [3.8, 4) is 0 Å². The summed E-state index contributed by atoms with van der Waals surface area (Å²) in [5, 5.41) is 6.58. The van der Waals surface area contributed by atoms with Crippen LogP contribution in [0.3, 0.4) is 0 Å². The maximum absolute atomic E-state index is 4.49. The first-order chi connectivity index (χ1) is 9.20. The maximum Gasteiger partial charge on any atom is 0.134 e. The van der Waals surface area contributed by atoms with Crippen molar-refractivity contribution in [2.75, 3.05) is 11.4 Å². The number of rotatable bonds is 3. The second-order valence-corrected chi connectivity index (χ2v) is 5.49. The third kappa shape index (κ3) is 2.25. The number of hydrazone groups is 1. The van der Waals surface area contributed by atoms with Gasteiger partial charge in [-0.05, 0) is 49.0 Å². The van der Waals surface area contributed by atoms with Gasteiger partial charge in [0.25, 0.3) is 0 Å². The Labute approximate surface area is 115 Å². The fourth-order valence-corrected chi connectivity index (χ4v) is 2.43. The fraction of sp³-hybridized carbons (Fsp3) is 0.438. The Morgan fingerprint density at radius 2 is 1.84 bits per heavy atom. The first kappa shape index (κ1) is 12.3. The molecule has 1 aromatic rings. The van der Waals surface area contributed by atoms with Gasteiger partial charge >= 0.3 is 0 Å². The van der Waals surface area contributed by atoms with Crippen LogP contribution in [-0.4, -0.2) is 17.9 Å². The lowest BCUT2D eigenvalue weighted by molar-refractivity contribution is 0.399. The minimum Gasteiger partial charge on any atom is -0.284 e. The van der Waals surface area contributed by atoms with E-state index in [1.807, 2.05) is 6.34 Å². The van der Waals surface area contributed by atoms with Crippen LogP contribution in [0.2, 0.25) is 0 Å². The predicted octanol–water partition coefficient (Wildman–Crippen LogP) is 3.90. The predicted molar refractivity (Wildman–Crippen MR) is 80.1 cm³/mol. The number of hydrogen-bond acceptors (Lipinski definition) is 3. The Morgan fingerprint density at radius 3 is 2.37 bits per heavy atom. The molecule has 1 aliphatic heterocycles. The Kier molecular flexibility index (Phi) is 3.05. The zero-order valence-electron chi connectivity index (χ0n) is 11.9. The highest BCUT2D eigenvalue weighted by Crippen LogP contribution is 2.38. The zero-order valence-corrected chi connectivity index (χ0v) is 11.9. The average Bonchev–Trinajstić information content (AvgIpc) is 3.17. The van der Waals surface area contributed by atoms with Gasteiger partial charge in [-0.2, -0.15) is 5.10 Å². The molecule has 0 unspecified atom stereocenters. The molecular weight excluding hydrogens is 234 g/mol. The highest BCUT2D eigenvalue weighted by atomic mass is 15.6. The van der Waals surface area contributed by atoms with Crippen LogP contribution in [-0.2, 0) is 0 Å². The van der Waals surface area contributed by atoms with Crippen molar-refractivity contribution < 1.29 is 0 Å². The highest BCUT2D eigenvalue weighted by molar-refractivity contribution is 5.85. The van der Waals surface area contributed by atoms with Crippen LogP contribution in [0.4, 0.5) is 5.69 Å². The van der Waals surface area contributed by atoms with E-state index in [4.69, 9.17) is 0 Å². The smallest absolute Gasteiger partial charge is 0.134 e. The van der Waals surface area contributed by atoms with E-state index >= 15 is 0 Å². The van der Waals surface area contributed by atoms with E-state index in [2.05, 4.69) is 60.0 Å². The number of benzene rings is 1. The summed E-state index contributed by atoms with van der Waals surface area (Å²) in [4.78, 5) is 2.22. The van der Waals surface area contributed by atoms with Crippen LogP contribution in [0.1, 0.15) is 45.1 Å². The molecule has 1 fully saturated rings. The molecule has 3 nitrogen and oxygen atoms in total. The van der Waals surface area contributed by atoms with Crippen molar-refractivity contribution in [3.63, 3.8) is 0 Å². The van der Waals surface area contributed by atoms with Crippen molar-refractivity contribution in [1.29, 1.82) is 0 Å². The van der Waals surface area contributed by atoms with Gasteiger partial charge in [-0.3, -0.25) is 4.90 Å². The van der Waals surface area contributed by atoms with Crippen molar-refractivity contribution in [2.24, 2.45) is 5.10 Å². The molecule has 3 heteroatoms. The van der Waals surface area contributed by atoms with Crippen molar-refractivity contribution in [2.45, 2.75) is 39.5 Å². The normalized spacial score (nSPS) is 17.9. The van der Waals surface area contributed by atoms with Crippen molar-refractivity contribution in [3.05, 3.63) is 41.2 Å². The molecule has 0 N–H and O–H groups in total. The summed E-state index contributed by atoms with van der Waals surface area (Å²) in [5.41, 5.74) is 4.11. The summed E-state index contributed by atoms with van der Waals surface area (Å²) in [6.07, 6.45) is 4.38. The van der Waals surface area contributed by atoms with Gasteiger partial charge in [-0.1, -0.05) is 26.0 Å². The van der Waals surface area contributed by atoms with E-state index in [0.29, 0.717) is 5.92 Å². The Bertz CT molecular complexity index is 519. The Hall–Kier alpha value is -1.77. The molecule has 100 valence electrons. The maximum atomic E-state index is 4.49. The SMILES string of the molecule is CCN1N=CN(c2ccc(C(C)C)cc2)C1=C1CC1. The largest absolute Gasteiger partial charge is 0.284 e. The molecule has 0 radical (unpaired) electrons. The molecule has 2 aliphatic rings. The lowest BCUT2D eigenvalue weighted by Crippen LogP contribution is -2.24. The van der Waals surface area contributed by atoms with Gasteiger partial charge < -0.3 is 0 Å². The quantitative estimate of drug-likeness (QED) is 0.815. The summed E-state index contributed by atoms with van der Waals surface area (Å²) in [6.45, 7) is 7.52. The van der Waals surface area contributed by atoms with Gasteiger partial charge in [0.05, 0.1) is 0 Å². The molecule has 0 spiro atoms. The van der Waals surface area contributed by atoms with E-state index in [1.54, 1.807) is 0 Å². The van der Waals surface area contributed by atoms with Gasteiger partial charge in [-0.15, -0.1) is 0 Å². The number of nitrogens with zero attached hydrogens (tertiary/aromatic N) is 3. The fourth-order valence-electron chi connectivity index (χ4n) is 2.43. The molecule has 1 heterocycles. The van der Waals surface area contributed by atoms with Gasteiger partial charge in [0.1, 0.15) is 12.2 Å². The van der Waals surface area contributed by atoms with Crippen LogP contribution >= 0.6 is 0 Å².